The van der Waals surface area contributed by atoms with Crippen LogP contribution in [0.1, 0.15) is 5.56 Å². The Labute approximate surface area is 146 Å². The molecule has 1 aromatic carbocycles. The second-order valence-electron chi connectivity index (χ2n) is 5.35. The largest absolute Gasteiger partial charge is 0.353 e. The summed E-state index contributed by atoms with van der Waals surface area (Å²) in [6.45, 7) is 1.69. The van der Waals surface area contributed by atoms with E-state index >= 15 is 0 Å². The first-order valence-electron chi connectivity index (χ1n) is 7.38. The summed E-state index contributed by atoms with van der Waals surface area (Å²) in [5, 5.41) is 9.26. The summed E-state index contributed by atoms with van der Waals surface area (Å²) in [5.41, 5.74) is 0.397. The van der Waals surface area contributed by atoms with E-state index in [1.165, 1.54) is 10.5 Å². The number of sulfonamides is 1. The van der Waals surface area contributed by atoms with E-state index in [-0.39, 0.29) is 0 Å². The van der Waals surface area contributed by atoms with Crippen LogP contribution in [-0.4, -0.2) is 43.9 Å². The van der Waals surface area contributed by atoms with E-state index in [0.717, 1.165) is 0 Å². The first kappa shape index (κ1) is 16.7. The molecule has 24 heavy (non-hydrogen) atoms. The number of anilines is 1. The molecule has 0 radical (unpaired) electrons. The Kier molecular flexibility index (Phi) is 4.71. The molecule has 0 aliphatic carbocycles. The van der Waals surface area contributed by atoms with Gasteiger partial charge >= 0.3 is 0 Å². The van der Waals surface area contributed by atoms with E-state index in [0.29, 0.717) is 47.5 Å². The highest BCUT2D eigenvalue weighted by Gasteiger charge is 2.29. The molecule has 2 aromatic rings. The van der Waals surface area contributed by atoms with Gasteiger partial charge in [0.1, 0.15) is 11.9 Å². The zero-order valence-corrected chi connectivity index (χ0v) is 14.3. The van der Waals surface area contributed by atoms with E-state index < -0.39 is 10.0 Å². The number of piperazine rings is 1. The predicted octanol–water partition coefficient (Wildman–Crippen LogP) is 2.12. The molecule has 6 nitrogen and oxygen atoms in total. The monoisotopic (exact) mass is 362 g/mol. The molecule has 8 heteroatoms. The van der Waals surface area contributed by atoms with Crippen molar-refractivity contribution in [3.05, 3.63) is 53.2 Å². The number of rotatable bonds is 3. The molecule has 1 aromatic heterocycles. The summed E-state index contributed by atoms with van der Waals surface area (Å²) in [6, 6.07) is 12.0. The van der Waals surface area contributed by atoms with E-state index in [2.05, 4.69) is 4.98 Å². The van der Waals surface area contributed by atoms with Crippen LogP contribution in [0.2, 0.25) is 5.02 Å². The van der Waals surface area contributed by atoms with Crippen LogP contribution in [0, 0.1) is 11.3 Å². The number of pyridine rings is 1. The van der Waals surface area contributed by atoms with Crippen LogP contribution in [0.5, 0.6) is 0 Å². The van der Waals surface area contributed by atoms with Crippen LogP contribution >= 0.6 is 11.6 Å². The number of aromatic nitrogens is 1. The van der Waals surface area contributed by atoms with E-state index in [1.54, 1.807) is 36.4 Å². The lowest BCUT2D eigenvalue weighted by molar-refractivity contribution is 0.384. The Morgan fingerprint density at radius 3 is 2.38 bits per heavy atom. The number of hydrogen-bond donors (Lipinski definition) is 0. The summed E-state index contributed by atoms with van der Waals surface area (Å²) >= 11 is 6.18. The molecular weight excluding hydrogens is 348 g/mol. The number of halogens is 1. The lowest BCUT2D eigenvalue weighted by Crippen LogP contribution is -2.49. The molecule has 0 saturated carbocycles. The smallest absolute Gasteiger partial charge is 0.243 e. The Hall–Kier alpha value is -2.14. The quantitative estimate of drug-likeness (QED) is 0.835. The Morgan fingerprint density at radius 1 is 1.12 bits per heavy atom. The average molecular weight is 363 g/mol. The van der Waals surface area contributed by atoms with Crippen molar-refractivity contribution in [2.75, 3.05) is 31.1 Å². The third-order valence-electron chi connectivity index (χ3n) is 3.87. The molecule has 0 unspecified atom stereocenters. The molecule has 1 fully saturated rings. The maximum Gasteiger partial charge on any atom is 0.243 e. The molecule has 0 amide bonds. The van der Waals surface area contributed by atoms with E-state index in [1.807, 2.05) is 11.0 Å². The molecular formula is C16H15ClN4O2S. The van der Waals surface area contributed by atoms with E-state index in [9.17, 15) is 8.42 Å². The van der Waals surface area contributed by atoms with Gasteiger partial charge in [-0.15, -0.1) is 0 Å². The highest BCUT2D eigenvalue weighted by atomic mass is 35.5. The number of nitriles is 1. The standard InChI is InChI=1S/C16H15ClN4O2S/c17-15-10-13(11-18)12-19-16(15)20-6-8-21(9-7-20)24(22,23)14-4-2-1-3-5-14/h1-5,10,12H,6-9H2. The second-order valence-corrected chi connectivity index (χ2v) is 7.69. The van der Waals surface area contributed by atoms with Crippen LogP contribution in [-0.2, 0) is 10.0 Å². The van der Waals surface area contributed by atoms with Gasteiger partial charge < -0.3 is 4.90 Å². The number of nitrogens with zero attached hydrogens (tertiary/aromatic N) is 4. The third-order valence-corrected chi connectivity index (χ3v) is 6.06. The lowest BCUT2D eigenvalue weighted by Gasteiger charge is -2.35. The zero-order chi connectivity index (χ0) is 17.2. The Morgan fingerprint density at radius 2 is 1.79 bits per heavy atom. The highest BCUT2D eigenvalue weighted by molar-refractivity contribution is 7.89. The lowest BCUT2D eigenvalue weighted by atomic mass is 10.3. The fourth-order valence-corrected chi connectivity index (χ4v) is 4.34. The van der Waals surface area contributed by atoms with Crippen molar-refractivity contribution >= 4 is 27.4 Å². The SMILES string of the molecule is N#Cc1cnc(N2CCN(S(=O)(=O)c3ccccc3)CC2)c(Cl)c1. The van der Waals surface area contributed by atoms with Gasteiger partial charge in [0.15, 0.2) is 0 Å². The van der Waals surface area contributed by atoms with Crippen molar-refractivity contribution < 1.29 is 8.42 Å². The van der Waals surface area contributed by atoms with Crippen LogP contribution in [0.4, 0.5) is 5.82 Å². The van der Waals surface area contributed by atoms with Crippen LogP contribution in [0.25, 0.3) is 0 Å². The summed E-state index contributed by atoms with van der Waals surface area (Å²) < 4.78 is 26.7. The highest BCUT2D eigenvalue weighted by Crippen LogP contribution is 2.26. The Bertz CT molecular complexity index is 873. The molecule has 2 heterocycles. The van der Waals surface area contributed by atoms with Crippen molar-refractivity contribution in [2.45, 2.75) is 4.90 Å². The third kappa shape index (κ3) is 3.22. The predicted molar refractivity (Wildman–Crippen MR) is 91.4 cm³/mol. The van der Waals surface area contributed by atoms with Gasteiger partial charge in [-0.25, -0.2) is 13.4 Å². The molecule has 124 valence electrons. The first-order valence-corrected chi connectivity index (χ1v) is 9.20. The number of hydrogen-bond acceptors (Lipinski definition) is 5. The molecule has 1 aliphatic rings. The van der Waals surface area contributed by atoms with Crippen molar-refractivity contribution in [3.63, 3.8) is 0 Å². The van der Waals surface area contributed by atoms with Gasteiger partial charge in [0.25, 0.3) is 0 Å². The van der Waals surface area contributed by atoms with Crippen LogP contribution in [0.15, 0.2) is 47.5 Å². The first-order chi connectivity index (χ1) is 11.5. The van der Waals surface area contributed by atoms with Gasteiger partial charge in [-0.05, 0) is 18.2 Å². The molecule has 0 bridgehead atoms. The van der Waals surface area contributed by atoms with Crippen molar-refractivity contribution in [1.82, 2.24) is 9.29 Å². The molecule has 0 atom stereocenters. The zero-order valence-electron chi connectivity index (χ0n) is 12.8. The minimum atomic E-state index is -3.48. The fraction of sp³-hybridized carbons (Fsp3) is 0.250. The van der Waals surface area contributed by atoms with Crippen molar-refractivity contribution in [2.24, 2.45) is 0 Å². The van der Waals surface area contributed by atoms with Crippen LogP contribution < -0.4 is 4.90 Å². The normalized spacial score (nSPS) is 15.9. The van der Waals surface area contributed by atoms with Gasteiger partial charge in [0.2, 0.25) is 10.0 Å². The molecule has 1 aliphatic heterocycles. The minimum Gasteiger partial charge on any atom is -0.353 e. The molecule has 1 saturated heterocycles. The average Bonchev–Trinajstić information content (AvgIpc) is 2.62. The summed E-state index contributed by atoms with van der Waals surface area (Å²) in [6.07, 6.45) is 1.47. The molecule has 0 spiro atoms. The maximum atomic E-state index is 12.6. The Balaban J connectivity index is 1.74. The maximum absolute atomic E-state index is 12.6. The molecule has 3 rings (SSSR count). The van der Waals surface area contributed by atoms with Crippen molar-refractivity contribution in [1.29, 1.82) is 5.26 Å². The fourth-order valence-electron chi connectivity index (χ4n) is 2.61. The van der Waals surface area contributed by atoms with Crippen molar-refractivity contribution in [3.8, 4) is 6.07 Å². The molecule has 0 N–H and O–H groups in total. The summed E-state index contributed by atoms with van der Waals surface area (Å²) in [7, 11) is -3.48. The van der Waals surface area contributed by atoms with Gasteiger partial charge in [-0.2, -0.15) is 9.57 Å². The topological polar surface area (TPSA) is 77.3 Å². The van der Waals surface area contributed by atoms with Gasteiger partial charge in [0.05, 0.1) is 15.5 Å². The van der Waals surface area contributed by atoms with Gasteiger partial charge in [-0.3, -0.25) is 0 Å². The minimum absolute atomic E-state index is 0.299. The summed E-state index contributed by atoms with van der Waals surface area (Å²) in [5.74, 6) is 0.576. The van der Waals surface area contributed by atoms with Gasteiger partial charge in [-0.1, -0.05) is 29.8 Å². The summed E-state index contributed by atoms with van der Waals surface area (Å²) in [4.78, 5) is 6.45. The van der Waals surface area contributed by atoms with Crippen LogP contribution in [0.3, 0.4) is 0 Å². The second kappa shape index (κ2) is 6.77. The number of benzene rings is 1. The van der Waals surface area contributed by atoms with E-state index in [4.69, 9.17) is 16.9 Å². The van der Waals surface area contributed by atoms with Gasteiger partial charge in [0, 0.05) is 32.4 Å².